The molecule has 0 amide bonds. The van der Waals surface area contributed by atoms with Crippen molar-refractivity contribution in [2.75, 3.05) is 6.54 Å². The molecule has 114 valence electrons. The van der Waals surface area contributed by atoms with Crippen LogP contribution in [0.3, 0.4) is 0 Å². The first-order valence-corrected chi connectivity index (χ1v) is 8.01. The van der Waals surface area contributed by atoms with E-state index < -0.39 is 0 Å². The van der Waals surface area contributed by atoms with E-state index in [0.29, 0.717) is 11.7 Å². The Kier molecular flexibility index (Phi) is 5.81. The molecule has 5 nitrogen and oxygen atoms in total. The van der Waals surface area contributed by atoms with Crippen LogP contribution in [-0.4, -0.2) is 21.4 Å². The lowest BCUT2D eigenvalue weighted by atomic mass is 10.4. The second-order valence-electron chi connectivity index (χ2n) is 4.75. The fourth-order valence-corrected chi connectivity index (χ4v) is 2.42. The van der Waals surface area contributed by atoms with Crippen LogP contribution in [-0.2, 0) is 13.1 Å². The van der Waals surface area contributed by atoms with Gasteiger partial charge in [0.15, 0.2) is 5.11 Å². The van der Waals surface area contributed by atoms with Crippen LogP contribution in [0, 0.1) is 13.8 Å². The number of aryl methyl sites for hydroxylation is 2. The smallest absolute Gasteiger partial charge is 0.166 e. The third kappa shape index (κ3) is 4.57. The summed E-state index contributed by atoms with van der Waals surface area (Å²) in [7, 11) is 0. The predicted molar refractivity (Wildman–Crippen MR) is 90.2 cm³/mol. The van der Waals surface area contributed by atoms with E-state index in [2.05, 4.69) is 38.6 Å². The third-order valence-electron chi connectivity index (χ3n) is 3.13. The summed E-state index contributed by atoms with van der Waals surface area (Å²) in [5.41, 5.74) is 2.18. The molecule has 2 aromatic heterocycles. The molecule has 0 atom stereocenters. The highest BCUT2D eigenvalue weighted by molar-refractivity contribution is 9.10. The van der Waals surface area contributed by atoms with E-state index in [9.17, 15) is 0 Å². The lowest BCUT2D eigenvalue weighted by Crippen LogP contribution is -2.35. The van der Waals surface area contributed by atoms with Gasteiger partial charge in [0.25, 0.3) is 0 Å². The van der Waals surface area contributed by atoms with Crippen molar-refractivity contribution >= 4 is 33.3 Å². The minimum Gasteiger partial charge on any atom is -0.467 e. The summed E-state index contributed by atoms with van der Waals surface area (Å²) in [4.78, 5) is 0. The monoisotopic (exact) mass is 370 g/mol. The number of rotatable bonds is 6. The quantitative estimate of drug-likeness (QED) is 0.604. The van der Waals surface area contributed by atoms with Crippen molar-refractivity contribution in [2.45, 2.75) is 33.4 Å². The fraction of sp³-hybridized carbons (Fsp3) is 0.429. The van der Waals surface area contributed by atoms with E-state index >= 15 is 0 Å². The molecule has 7 heteroatoms. The van der Waals surface area contributed by atoms with Crippen molar-refractivity contribution < 1.29 is 4.42 Å². The molecule has 2 heterocycles. The van der Waals surface area contributed by atoms with Gasteiger partial charge in [0.05, 0.1) is 23.0 Å². The van der Waals surface area contributed by atoms with Gasteiger partial charge in [0.1, 0.15) is 5.76 Å². The van der Waals surface area contributed by atoms with Gasteiger partial charge in [0, 0.05) is 18.8 Å². The minimum absolute atomic E-state index is 0.600. The van der Waals surface area contributed by atoms with Crippen molar-refractivity contribution in [1.82, 2.24) is 20.4 Å². The van der Waals surface area contributed by atoms with E-state index in [0.717, 1.165) is 41.1 Å². The number of nitrogens with one attached hydrogen (secondary N) is 2. The molecule has 0 fully saturated rings. The summed E-state index contributed by atoms with van der Waals surface area (Å²) in [5.74, 6) is 0.867. The molecule has 2 aromatic rings. The van der Waals surface area contributed by atoms with Crippen molar-refractivity contribution in [2.24, 2.45) is 0 Å². The summed E-state index contributed by atoms with van der Waals surface area (Å²) in [5, 5.41) is 11.4. The Morgan fingerprint density at radius 1 is 1.43 bits per heavy atom. The van der Waals surface area contributed by atoms with Gasteiger partial charge >= 0.3 is 0 Å². The van der Waals surface area contributed by atoms with Crippen molar-refractivity contribution in [3.8, 4) is 0 Å². The zero-order chi connectivity index (χ0) is 15.2. The zero-order valence-corrected chi connectivity index (χ0v) is 14.6. The Bertz CT molecular complexity index is 594. The van der Waals surface area contributed by atoms with Gasteiger partial charge in [-0.3, -0.25) is 4.68 Å². The van der Waals surface area contributed by atoms with Crippen LogP contribution >= 0.6 is 28.1 Å². The van der Waals surface area contributed by atoms with E-state index in [1.807, 2.05) is 23.7 Å². The summed E-state index contributed by atoms with van der Waals surface area (Å²) in [6, 6.07) is 3.77. The first-order valence-electron chi connectivity index (χ1n) is 6.81. The second-order valence-corrected chi connectivity index (χ2v) is 5.95. The first-order chi connectivity index (χ1) is 10.1. The largest absolute Gasteiger partial charge is 0.467 e. The van der Waals surface area contributed by atoms with Gasteiger partial charge in [-0.1, -0.05) is 0 Å². The van der Waals surface area contributed by atoms with Crippen LogP contribution in [0.1, 0.15) is 23.6 Å². The molecule has 0 saturated heterocycles. The highest BCUT2D eigenvalue weighted by atomic mass is 79.9. The van der Waals surface area contributed by atoms with Crippen molar-refractivity contribution in [3.63, 3.8) is 0 Å². The fourth-order valence-electron chi connectivity index (χ4n) is 1.97. The van der Waals surface area contributed by atoms with Crippen molar-refractivity contribution in [3.05, 3.63) is 40.0 Å². The van der Waals surface area contributed by atoms with Gasteiger partial charge in [0.2, 0.25) is 0 Å². The van der Waals surface area contributed by atoms with Crippen LogP contribution in [0.15, 0.2) is 27.3 Å². The molecule has 0 aliphatic rings. The molecule has 0 bridgehead atoms. The van der Waals surface area contributed by atoms with E-state index in [1.54, 1.807) is 6.26 Å². The first kappa shape index (κ1) is 16.0. The van der Waals surface area contributed by atoms with Gasteiger partial charge in [-0.2, -0.15) is 5.10 Å². The van der Waals surface area contributed by atoms with E-state index in [4.69, 9.17) is 16.6 Å². The lowest BCUT2D eigenvalue weighted by molar-refractivity contribution is 0.501. The van der Waals surface area contributed by atoms with Crippen LogP contribution in [0.5, 0.6) is 0 Å². The number of nitrogens with zero attached hydrogens (tertiary/aromatic N) is 2. The normalized spacial score (nSPS) is 10.6. The Morgan fingerprint density at radius 3 is 2.86 bits per heavy atom. The molecule has 0 saturated carbocycles. The maximum atomic E-state index is 5.23. The molecule has 0 radical (unpaired) electrons. The van der Waals surface area contributed by atoms with Crippen LogP contribution in [0.2, 0.25) is 0 Å². The maximum absolute atomic E-state index is 5.23. The molecular formula is C14H19BrN4OS. The van der Waals surface area contributed by atoms with Crippen LogP contribution in [0.25, 0.3) is 0 Å². The SMILES string of the molecule is Cc1nn(CCCNC(=S)NCc2ccco2)c(C)c1Br. The molecule has 0 aliphatic carbocycles. The Labute approximate surface area is 138 Å². The summed E-state index contributed by atoms with van der Waals surface area (Å²) in [6.45, 7) is 6.34. The molecule has 2 N–H and O–H groups in total. The maximum Gasteiger partial charge on any atom is 0.166 e. The second kappa shape index (κ2) is 7.61. The minimum atomic E-state index is 0.600. The van der Waals surface area contributed by atoms with E-state index in [-0.39, 0.29) is 0 Å². The third-order valence-corrected chi connectivity index (χ3v) is 4.57. The van der Waals surface area contributed by atoms with Crippen LogP contribution in [0.4, 0.5) is 0 Å². The van der Waals surface area contributed by atoms with Gasteiger partial charge < -0.3 is 15.1 Å². The highest BCUT2D eigenvalue weighted by Gasteiger charge is 2.07. The van der Waals surface area contributed by atoms with Gasteiger partial charge in [-0.25, -0.2) is 0 Å². The van der Waals surface area contributed by atoms with E-state index in [1.165, 1.54) is 0 Å². The average molecular weight is 371 g/mol. The van der Waals surface area contributed by atoms with Gasteiger partial charge in [-0.15, -0.1) is 0 Å². The number of halogens is 1. The average Bonchev–Trinajstić information content (AvgIpc) is 3.06. The summed E-state index contributed by atoms with van der Waals surface area (Å²) < 4.78 is 8.33. The molecule has 0 unspecified atom stereocenters. The number of aromatic nitrogens is 2. The summed E-state index contributed by atoms with van der Waals surface area (Å²) in [6.07, 6.45) is 2.61. The Hall–Kier alpha value is -1.34. The molecular weight excluding hydrogens is 352 g/mol. The lowest BCUT2D eigenvalue weighted by Gasteiger charge is -2.10. The number of thiocarbonyl (C=S) groups is 1. The zero-order valence-electron chi connectivity index (χ0n) is 12.1. The highest BCUT2D eigenvalue weighted by Crippen LogP contribution is 2.19. The summed E-state index contributed by atoms with van der Waals surface area (Å²) >= 11 is 8.75. The molecule has 2 rings (SSSR count). The Morgan fingerprint density at radius 2 is 2.24 bits per heavy atom. The van der Waals surface area contributed by atoms with Crippen molar-refractivity contribution in [1.29, 1.82) is 0 Å². The number of hydrogen-bond acceptors (Lipinski definition) is 3. The Balaban J connectivity index is 1.65. The van der Waals surface area contributed by atoms with Crippen LogP contribution < -0.4 is 10.6 Å². The molecule has 0 aromatic carbocycles. The number of furan rings is 1. The van der Waals surface area contributed by atoms with Gasteiger partial charge in [-0.05, 0) is 60.5 Å². The molecule has 0 aliphatic heterocycles. The molecule has 0 spiro atoms. The number of hydrogen-bond donors (Lipinski definition) is 2. The topological polar surface area (TPSA) is 55.0 Å². The molecule has 21 heavy (non-hydrogen) atoms. The predicted octanol–water partition coefficient (Wildman–Crippen LogP) is 2.91. The standard InChI is InChI=1S/C14H19BrN4OS/c1-10-13(15)11(2)19(18-10)7-4-6-16-14(21)17-9-12-5-3-8-20-12/h3,5,8H,4,6-7,9H2,1-2H3,(H2,16,17,21).